The van der Waals surface area contributed by atoms with Crippen molar-refractivity contribution in [2.75, 3.05) is 37.7 Å². The summed E-state index contributed by atoms with van der Waals surface area (Å²) in [5.74, 6) is -0.0694. The molecule has 2 amide bonds. The number of carbonyl (C=O) groups is 2. The Balaban J connectivity index is 0.00000240. The average molecular weight is 474 g/mol. The van der Waals surface area contributed by atoms with Gasteiger partial charge in [0.05, 0.1) is 12.5 Å². The molecule has 1 heterocycles. The number of carbonyl (C=O) groups excluding carboxylic acids is 2. The van der Waals surface area contributed by atoms with Crippen molar-refractivity contribution in [3.05, 3.63) is 29.8 Å². The number of nitrogens with zero attached hydrogens (tertiary/aromatic N) is 2. The topological polar surface area (TPSA) is 112 Å². The van der Waals surface area contributed by atoms with E-state index in [-0.39, 0.29) is 54.6 Å². The van der Waals surface area contributed by atoms with Crippen LogP contribution in [0, 0.1) is 11.3 Å². The fourth-order valence-electron chi connectivity index (χ4n) is 4.02. The third-order valence-corrected chi connectivity index (χ3v) is 5.79. The molecule has 0 bridgehead atoms. The first-order valence-electron chi connectivity index (χ1n) is 10.4. The van der Waals surface area contributed by atoms with Crippen LogP contribution in [0.25, 0.3) is 0 Å². The number of halogens is 2. The van der Waals surface area contributed by atoms with Gasteiger partial charge in [-0.05, 0) is 56.9 Å². The number of nitrogens with one attached hydrogen (secondary N) is 2. The van der Waals surface area contributed by atoms with Crippen molar-refractivity contribution in [2.45, 2.75) is 38.6 Å². The molecule has 174 valence electrons. The molecule has 0 unspecified atom stereocenters. The van der Waals surface area contributed by atoms with Crippen LogP contribution in [-0.2, 0) is 9.53 Å². The molecule has 1 saturated carbocycles. The van der Waals surface area contributed by atoms with Gasteiger partial charge in [0.15, 0.2) is 0 Å². The van der Waals surface area contributed by atoms with E-state index in [1.807, 2.05) is 36.1 Å². The molecule has 10 heteroatoms. The van der Waals surface area contributed by atoms with Crippen molar-refractivity contribution in [1.29, 1.82) is 5.41 Å². The highest BCUT2D eigenvalue weighted by molar-refractivity contribution is 5.95. The van der Waals surface area contributed by atoms with Gasteiger partial charge in [-0.25, -0.2) is 4.79 Å². The summed E-state index contributed by atoms with van der Waals surface area (Å²) in [7, 11) is 0. The molecule has 8 nitrogen and oxygen atoms in total. The molecule has 2 fully saturated rings. The lowest BCUT2D eigenvalue weighted by atomic mass is 9.86. The molecule has 3 rings (SSSR count). The van der Waals surface area contributed by atoms with Gasteiger partial charge in [-0.3, -0.25) is 10.2 Å². The molecular formula is C21H33Cl2N5O3. The lowest BCUT2D eigenvalue weighted by molar-refractivity contribution is -0.149. The van der Waals surface area contributed by atoms with E-state index >= 15 is 0 Å². The Labute approximate surface area is 196 Å². The summed E-state index contributed by atoms with van der Waals surface area (Å²) in [6.07, 6.45) is 3.18. The first kappa shape index (κ1) is 26.8. The number of rotatable bonds is 5. The monoisotopic (exact) mass is 473 g/mol. The molecule has 1 aliphatic heterocycles. The van der Waals surface area contributed by atoms with E-state index in [0.29, 0.717) is 25.3 Å². The van der Waals surface area contributed by atoms with Gasteiger partial charge >= 0.3 is 12.0 Å². The van der Waals surface area contributed by atoms with Crippen LogP contribution < -0.4 is 16.0 Å². The van der Waals surface area contributed by atoms with Gasteiger partial charge in [-0.1, -0.05) is 0 Å². The number of esters is 1. The van der Waals surface area contributed by atoms with Crippen molar-refractivity contribution < 1.29 is 14.3 Å². The number of amidine groups is 1. The number of anilines is 1. The van der Waals surface area contributed by atoms with Gasteiger partial charge in [0, 0.05) is 43.5 Å². The van der Waals surface area contributed by atoms with Gasteiger partial charge in [0.1, 0.15) is 5.84 Å². The summed E-state index contributed by atoms with van der Waals surface area (Å²) in [5.41, 5.74) is 7.29. The number of amides is 2. The van der Waals surface area contributed by atoms with Crippen molar-refractivity contribution >= 4 is 48.3 Å². The Morgan fingerprint density at radius 1 is 1.06 bits per heavy atom. The molecule has 4 N–H and O–H groups in total. The van der Waals surface area contributed by atoms with Gasteiger partial charge in [0.2, 0.25) is 0 Å². The Morgan fingerprint density at radius 3 is 2.16 bits per heavy atom. The third-order valence-electron chi connectivity index (χ3n) is 5.79. The van der Waals surface area contributed by atoms with Crippen LogP contribution >= 0.6 is 24.8 Å². The lowest BCUT2D eigenvalue weighted by Crippen LogP contribution is -2.54. The first-order valence-corrected chi connectivity index (χ1v) is 10.4. The number of benzene rings is 1. The van der Waals surface area contributed by atoms with Crippen molar-refractivity contribution in [1.82, 2.24) is 10.2 Å². The Bertz CT molecular complexity index is 731. The standard InChI is InChI=1S/C21H31N5O3.2ClH/c1-2-29-20(27)16-3-7-17(8-4-16)24-21(28)26-13-11-25(12-14-26)18-9-5-15(6-10-18)19(22)23;;/h5-6,9-10,16-17H,2-4,7-8,11-14H2,1H3,(H3,22,23)(H,24,28);2*1H. The van der Waals surface area contributed by atoms with E-state index < -0.39 is 0 Å². The number of piperazine rings is 1. The van der Waals surface area contributed by atoms with Crippen LogP contribution in [0.4, 0.5) is 10.5 Å². The molecule has 1 aromatic rings. The van der Waals surface area contributed by atoms with E-state index in [2.05, 4.69) is 10.2 Å². The molecule has 0 aromatic heterocycles. The fraction of sp³-hybridized carbons (Fsp3) is 0.571. The maximum Gasteiger partial charge on any atom is 0.317 e. The average Bonchev–Trinajstić information content (AvgIpc) is 2.74. The number of urea groups is 1. The molecule has 2 aliphatic rings. The minimum Gasteiger partial charge on any atom is -0.466 e. The van der Waals surface area contributed by atoms with E-state index in [1.165, 1.54) is 0 Å². The number of hydrogen-bond acceptors (Lipinski definition) is 5. The van der Waals surface area contributed by atoms with Crippen molar-refractivity contribution in [2.24, 2.45) is 11.7 Å². The molecule has 0 atom stereocenters. The predicted molar refractivity (Wildman–Crippen MR) is 127 cm³/mol. The van der Waals surface area contributed by atoms with E-state index in [9.17, 15) is 9.59 Å². The zero-order chi connectivity index (χ0) is 20.8. The van der Waals surface area contributed by atoms with Crippen LogP contribution in [0.3, 0.4) is 0 Å². The van der Waals surface area contributed by atoms with Crippen LogP contribution in [0.15, 0.2) is 24.3 Å². The quantitative estimate of drug-likeness (QED) is 0.345. The molecule has 1 aromatic carbocycles. The summed E-state index contributed by atoms with van der Waals surface area (Å²) in [4.78, 5) is 28.5. The Kier molecular flexibility index (Phi) is 10.9. The van der Waals surface area contributed by atoms with Crippen LogP contribution in [0.5, 0.6) is 0 Å². The fourth-order valence-corrected chi connectivity index (χ4v) is 4.02. The smallest absolute Gasteiger partial charge is 0.317 e. The van der Waals surface area contributed by atoms with Crippen molar-refractivity contribution in [3.63, 3.8) is 0 Å². The lowest BCUT2D eigenvalue weighted by Gasteiger charge is -2.37. The summed E-state index contributed by atoms with van der Waals surface area (Å²) < 4.78 is 5.10. The van der Waals surface area contributed by atoms with E-state index in [0.717, 1.165) is 44.5 Å². The highest BCUT2D eigenvalue weighted by atomic mass is 35.5. The maximum absolute atomic E-state index is 12.6. The normalized spacial score (nSPS) is 20.7. The first-order chi connectivity index (χ1) is 14.0. The second kappa shape index (κ2) is 12.6. The van der Waals surface area contributed by atoms with Gasteiger partial charge < -0.3 is 25.6 Å². The van der Waals surface area contributed by atoms with Crippen LogP contribution in [0.2, 0.25) is 0 Å². The van der Waals surface area contributed by atoms with Crippen LogP contribution in [-0.4, -0.2) is 61.6 Å². The molecule has 0 radical (unpaired) electrons. The zero-order valence-electron chi connectivity index (χ0n) is 17.8. The molecule has 31 heavy (non-hydrogen) atoms. The number of nitrogens with two attached hydrogens (primary N) is 1. The van der Waals surface area contributed by atoms with Gasteiger partial charge in [0.25, 0.3) is 0 Å². The minimum absolute atomic E-state index is 0. The molecular weight excluding hydrogens is 441 g/mol. The predicted octanol–water partition coefficient (Wildman–Crippen LogP) is 2.77. The van der Waals surface area contributed by atoms with Crippen molar-refractivity contribution in [3.8, 4) is 0 Å². The SMILES string of the molecule is CCOC(=O)C1CCC(NC(=O)N2CCN(c3ccc(C(=N)N)cc3)CC2)CC1.Cl.Cl. The van der Waals surface area contributed by atoms with E-state index in [1.54, 1.807) is 0 Å². The highest BCUT2D eigenvalue weighted by Gasteiger charge is 2.29. The second-order valence-corrected chi connectivity index (χ2v) is 7.68. The number of ether oxygens (including phenoxy) is 1. The minimum atomic E-state index is -0.107. The maximum atomic E-state index is 12.6. The third kappa shape index (κ3) is 7.18. The molecule has 1 aliphatic carbocycles. The summed E-state index contributed by atoms with van der Waals surface area (Å²) in [6.45, 7) is 5.11. The summed E-state index contributed by atoms with van der Waals surface area (Å²) in [6, 6.07) is 7.75. The highest BCUT2D eigenvalue weighted by Crippen LogP contribution is 2.25. The van der Waals surface area contributed by atoms with Gasteiger partial charge in [-0.2, -0.15) is 0 Å². The van der Waals surface area contributed by atoms with Gasteiger partial charge in [-0.15, -0.1) is 24.8 Å². The number of nitrogen functional groups attached to an aromatic ring is 1. The summed E-state index contributed by atoms with van der Waals surface area (Å²) in [5, 5.41) is 10.6. The largest absolute Gasteiger partial charge is 0.466 e. The zero-order valence-corrected chi connectivity index (χ0v) is 19.5. The second-order valence-electron chi connectivity index (χ2n) is 7.68. The molecule has 1 saturated heterocycles. The Morgan fingerprint density at radius 2 is 1.65 bits per heavy atom. The number of hydrogen-bond donors (Lipinski definition) is 3. The Hall–Kier alpha value is -2.19. The summed E-state index contributed by atoms with van der Waals surface area (Å²) >= 11 is 0. The van der Waals surface area contributed by atoms with E-state index in [4.69, 9.17) is 15.9 Å². The molecule has 0 spiro atoms. The van der Waals surface area contributed by atoms with Crippen LogP contribution in [0.1, 0.15) is 38.2 Å².